The first-order chi connectivity index (χ1) is 11.6. The lowest BCUT2D eigenvalue weighted by atomic mass is 9.80. The second kappa shape index (κ2) is 11.7. The third-order valence-corrected chi connectivity index (χ3v) is 4.41. The molecule has 1 unspecified atom stereocenters. The lowest BCUT2D eigenvalue weighted by Crippen LogP contribution is -2.43. The van der Waals surface area contributed by atoms with E-state index in [1.54, 1.807) is 0 Å². The fourth-order valence-corrected chi connectivity index (χ4v) is 2.67. The fraction of sp³-hybridized carbons (Fsp3) is 0.632. The van der Waals surface area contributed by atoms with Crippen LogP contribution in [-0.4, -0.2) is 42.9 Å². The van der Waals surface area contributed by atoms with Crippen LogP contribution in [0.15, 0.2) is 35.3 Å². The van der Waals surface area contributed by atoms with Gasteiger partial charge in [-0.3, -0.25) is 4.99 Å². The zero-order chi connectivity index (χ0) is 17.3. The molecule has 0 radical (unpaired) electrons. The number of ether oxygens (including phenoxy) is 1. The summed E-state index contributed by atoms with van der Waals surface area (Å²) in [6.45, 7) is 6.90. The standard InChI is InChI=1S/C19H31N3O2.HI/c1-3-20-18(22-15-19(23)11-7-12-19)21-13-8-14-24-16(2)17-9-5-4-6-10-17;/h4-6,9-10,16,23H,3,7-8,11-15H2,1-2H3,(H2,20,21,22);1H. The van der Waals surface area contributed by atoms with Gasteiger partial charge in [0.15, 0.2) is 5.96 Å². The Bertz CT molecular complexity index is 507. The molecule has 25 heavy (non-hydrogen) atoms. The number of aliphatic hydroxyl groups is 1. The number of halogens is 1. The molecule has 1 aliphatic carbocycles. The fourth-order valence-electron chi connectivity index (χ4n) is 2.67. The monoisotopic (exact) mass is 461 g/mol. The lowest BCUT2D eigenvalue weighted by Gasteiger charge is -2.35. The highest BCUT2D eigenvalue weighted by atomic mass is 127. The normalized spacial score (nSPS) is 17.2. The third kappa shape index (κ3) is 7.92. The number of aliphatic imine (C=N–C) groups is 1. The van der Waals surface area contributed by atoms with Crippen LogP contribution in [0.1, 0.15) is 51.2 Å². The molecule has 0 spiro atoms. The summed E-state index contributed by atoms with van der Waals surface area (Å²) >= 11 is 0. The second-order valence-electron chi connectivity index (χ2n) is 6.48. The van der Waals surface area contributed by atoms with E-state index in [1.807, 2.05) is 25.1 Å². The third-order valence-electron chi connectivity index (χ3n) is 4.41. The molecule has 0 amide bonds. The summed E-state index contributed by atoms with van der Waals surface area (Å²) in [5.74, 6) is 0.772. The molecule has 1 fully saturated rings. The van der Waals surface area contributed by atoms with Gasteiger partial charge in [-0.25, -0.2) is 0 Å². The van der Waals surface area contributed by atoms with Crippen LogP contribution >= 0.6 is 24.0 Å². The Labute approximate surface area is 168 Å². The number of rotatable bonds is 9. The largest absolute Gasteiger partial charge is 0.388 e. The van der Waals surface area contributed by atoms with Crippen LogP contribution in [0.5, 0.6) is 0 Å². The molecule has 6 heteroatoms. The molecule has 0 aliphatic heterocycles. The molecule has 1 atom stereocenters. The minimum absolute atomic E-state index is 0. The van der Waals surface area contributed by atoms with Gasteiger partial charge in [-0.1, -0.05) is 30.3 Å². The number of guanidine groups is 1. The van der Waals surface area contributed by atoms with E-state index in [4.69, 9.17) is 4.74 Å². The molecule has 0 saturated heterocycles. The Morgan fingerprint density at radius 3 is 2.60 bits per heavy atom. The quantitative estimate of drug-likeness (QED) is 0.229. The minimum Gasteiger partial charge on any atom is -0.388 e. The highest BCUT2D eigenvalue weighted by Gasteiger charge is 2.34. The van der Waals surface area contributed by atoms with Crippen molar-refractivity contribution in [1.82, 2.24) is 10.6 Å². The molecule has 2 rings (SSSR count). The van der Waals surface area contributed by atoms with Crippen LogP contribution in [-0.2, 0) is 4.74 Å². The maximum Gasteiger partial charge on any atom is 0.191 e. The van der Waals surface area contributed by atoms with E-state index in [1.165, 1.54) is 5.56 Å². The zero-order valence-corrected chi connectivity index (χ0v) is 17.7. The Balaban J connectivity index is 0.00000312. The van der Waals surface area contributed by atoms with Crippen LogP contribution in [0.3, 0.4) is 0 Å². The molecule has 1 aromatic rings. The molecule has 142 valence electrons. The molecular formula is C19H32IN3O2. The zero-order valence-electron chi connectivity index (χ0n) is 15.3. The predicted molar refractivity (Wildman–Crippen MR) is 114 cm³/mol. The summed E-state index contributed by atoms with van der Waals surface area (Å²) in [5, 5.41) is 16.6. The Hall–Kier alpha value is -0.860. The van der Waals surface area contributed by atoms with Gasteiger partial charge in [-0.15, -0.1) is 24.0 Å². The van der Waals surface area contributed by atoms with Gasteiger partial charge >= 0.3 is 0 Å². The highest BCUT2D eigenvalue weighted by molar-refractivity contribution is 14.0. The van der Waals surface area contributed by atoms with E-state index < -0.39 is 5.60 Å². The average Bonchev–Trinajstić information content (AvgIpc) is 2.58. The topological polar surface area (TPSA) is 65.9 Å². The van der Waals surface area contributed by atoms with Gasteiger partial charge < -0.3 is 20.5 Å². The molecular weight excluding hydrogens is 429 g/mol. The number of hydrogen-bond acceptors (Lipinski definition) is 3. The molecule has 5 nitrogen and oxygen atoms in total. The first-order valence-electron chi connectivity index (χ1n) is 9.04. The van der Waals surface area contributed by atoms with Crippen LogP contribution < -0.4 is 10.6 Å². The smallest absolute Gasteiger partial charge is 0.191 e. The van der Waals surface area contributed by atoms with Gasteiger partial charge in [0.25, 0.3) is 0 Å². The summed E-state index contributed by atoms with van der Waals surface area (Å²) in [5.41, 5.74) is 0.630. The first-order valence-corrected chi connectivity index (χ1v) is 9.04. The SMILES string of the molecule is CCNC(=NCC1(O)CCC1)NCCCOC(C)c1ccccc1.I. The number of benzene rings is 1. The van der Waals surface area contributed by atoms with Crippen molar-refractivity contribution < 1.29 is 9.84 Å². The predicted octanol–water partition coefficient (Wildman–Crippen LogP) is 3.24. The van der Waals surface area contributed by atoms with E-state index in [9.17, 15) is 5.11 Å². The van der Waals surface area contributed by atoms with Crippen molar-refractivity contribution in [2.24, 2.45) is 4.99 Å². The van der Waals surface area contributed by atoms with Gasteiger partial charge in [0.05, 0.1) is 18.2 Å². The van der Waals surface area contributed by atoms with Gasteiger partial charge in [0.1, 0.15) is 0 Å². The van der Waals surface area contributed by atoms with E-state index in [0.29, 0.717) is 13.2 Å². The molecule has 3 N–H and O–H groups in total. The Morgan fingerprint density at radius 1 is 1.28 bits per heavy atom. The molecule has 0 aromatic heterocycles. The van der Waals surface area contributed by atoms with Crippen molar-refractivity contribution in [1.29, 1.82) is 0 Å². The first kappa shape index (κ1) is 22.2. The van der Waals surface area contributed by atoms with Crippen molar-refractivity contribution in [3.63, 3.8) is 0 Å². The van der Waals surface area contributed by atoms with Gasteiger partial charge in [-0.05, 0) is 45.1 Å². The van der Waals surface area contributed by atoms with Crippen LogP contribution in [0.2, 0.25) is 0 Å². The van der Waals surface area contributed by atoms with Crippen LogP contribution in [0.25, 0.3) is 0 Å². The Morgan fingerprint density at radius 2 is 2.00 bits per heavy atom. The summed E-state index contributed by atoms with van der Waals surface area (Å²) in [6, 6.07) is 10.3. The molecule has 1 aromatic carbocycles. The molecule has 0 bridgehead atoms. The summed E-state index contributed by atoms with van der Waals surface area (Å²) < 4.78 is 5.87. The van der Waals surface area contributed by atoms with Gasteiger partial charge in [0.2, 0.25) is 0 Å². The van der Waals surface area contributed by atoms with E-state index >= 15 is 0 Å². The van der Waals surface area contributed by atoms with E-state index in [2.05, 4.69) is 34.7 Å². The maximum atomic E-state index is 10.1. The average molecular weight is 461 g/mol. The molecule has 0 heterocycles. The molecule has 1 saturated carbocycles. The minimum atomic E-state index is -0.573. The van der Waals surface area contributed by atoms with Crippen molar-refractivity contribution in [3.8, 4) is 0 Å². The lowest BCUT2D eigenvalue weighted by molar-refractivity contribution is -0.0236. The summed E-state index contributed by atoms with van der Waals surface area (Å²) in [7, 11) is 0. The van der Waals surface area contributed by atoms with Crippen molar-refractivity contribution >= 4 is 29.9 Å². The summed E-state index contributed by atoms with van der Waals surface area (Å²) in [4.78, 5) is 4.49. The number of nitrogens with zero attached hydrogens (tertiary/aromatic N) is 1. The number of nitrogens with one attached hydrogen (secondary N) is 2. The van der Waals surface area contributed by atoms with E-state index in [0.717, 1.165) is 44.7 Å². The van der Waals surface area contributed by atoms with E-state index in [-0.39, 0.29) is 30.1 Å². The Kier molecular flexibility index (Phi) is 10.4. The van der Waals surface area contributed by atoms with Crippen LogP contribution in [0.4, 0.5) is 0 Å². The summed E-state index contributed by atoms with van der Waals surface area (Å²) in [6.07, 6.45) is 3.85. The van der Waals surface area contributed by atoms with Crippen LogP contribution in [0, 0.1) is 0 Å². The molecule has 1 aliphatic rings. The number of hydrogen-bond donors (Lipinski definition) is 3. The van der Waals surface area contributed by atoms with Gasteiger partial charge in [0, 0.05) is 19.7 Å². The van der Waals surface area contributed by atoms with Crippen molar-refractivity contribution in [2.45, 2.75) is 51.2 Å². The van der Waals surface area contributed by atoms with Crippen molar-refractivity contribution in [2.75, 3.05) is 26.2 Å². The second-order valence-corrected chi connectivity index (χ2v) is 6.48. The maximum absolute atomic E-state index is 10.1. The highest BCUT2D eigenvalue weighted by Crippen LogP contribution is 2.31. The van der Waals surface area contributed by atoms with Crippen molar-refractivity contribution in [3.05, 3.63) is 35.9 Å². The van der Waals surface area contributed by atoms with Gasteiger partial charge in [-0.2, -0.15) is 0 Å².